The van der Waals surface area contributed by atoms with Crippen LogP contribution in [-0.2, 0) is 11.2 Å². The van der Waals surface area contributed by atoms with E-state index in [0.717, 1.165) is 5.56 Å². The van der Waals surface area contributed by atoms with Crippen LogP contribution in [0.3, 0.4) is 0 Å². The van der Waals surface area contributed by atoms with Crippen LogP contribution in [0.5, 0.6) is 11.5 Å². The van der Waals surface area contributed by atoms with E-state index in [1.165, 1.54) is 0 Å². The molecule has 1 N–H and O–H groups in total. The number of amides is 1. The molecule has 0 saturated carbocycles. The molecule has 4 rings (SSSR count). The van der Waals surface area contributed by atoms with Crippen LogP contribution in [0.2, 0.25) is 10.0 Å². The highest BCUT2D eigenvalue weighted by atomic mass is 35.5. The lowest BCUT2D eigenvalue weighted by molar-refractivity contribution is -0.115. The van der Waals surface area contributed by atoms with Gasteiger partial charge in [0, 0.05) is 17.3 Å². The van der Waals surface area contributed by atoms with Crippen LogP contribution in [0.1, 0.15) is 5.69 Å². The quantitative estimate of drug-likeness (QED) is 0.687. The molecule has 0 bridgehead atoms. The molecule has 0 radical (unpaired) electrons. The van der Waals surface area contributed by atoms with Crippen LogP contribution in [0, 0.1) is 0 Å². The Labute approximate surface area is 165 Å². The lowest BCUT2D eigenvalue weighted by Gasteiger charge is -2.18. The molecule has 3 aromatic rings. The number of hydrogen-bond donors (Lipinski definition) is 1. The van der Waals surface area contributed by atoms with Crippen LogP contribution in [0.25, 0.3) is 11.3 Å². The number of ether oxygens (including phenoxy) is 2. The Bertz CT molecular complexity index is 1000. The first-order valence-corrected chi connectivity index (χ1v) is 8.94. The maximum atomic E-state index is 12.2. The third-order valence-corrected chi connectivity index (χ3v) is 4.67. The highest BCUT2D eigenvalue weighted by Gasteiger charge is 2.16. The van der Waals surface area contributed by atoms with Crippen molar-refractivity contribution >= 4 is 34.8 Å². The molecular weight excluding hydrogens is 391 g/mol. The Balaban J connectivity index is 1.44. The smallest absolute Gasteiger partial charge is 0.230 e. The fourth-order valence-electron chi connectivity index (χ4n) is 2.67. The molecule has 1 aliphatic heterocycles. The van der Waals surface area contributed by atoms with Crippen molar-refractivity contribution in [2.45, 2.75) is 6.42 Å². The Morgan fingerprint density at radius 3 is 2.63 bits per heavy atom. The minimum atomic E-state index is -0.240. The van der Waals surface area contributed by atoms with E-state index in [-0.39, 0.29) is 12.3 Å². The van der Waals surface area contributed by atoms with E-state index in [4.69, 9.17) is 37.2 Å². The number of fused-ring (bicyclic) bond motifs is 1. The number of aromatic nitrogens is 1. The largest absolute Gasteiger partial charge is 0.486 e. The lowest BCUT2D eigenvalue weighted by atomic mass is 10.1. The second-order valence-corrected chi connectivity index (χ2v) is 6.71. The summed E-state index contributed by atoms with van der Waals surface area (Å²) in [5.74, 6) is 1.67. The maximum Gasteiger partial charge on any atom is 0.230 e. The van der Waals surface area contributed by atoms with Gasteiger partial charge >= 0.3 is 0 Å². The van der Waals surface area contributed by atoms with Gasteiger partial charge < -0.3 is 19.3 Å². The van der Waals surface area contributed by atoms with Gasteiger partial charge in [-0.25, -0.2) is 0 Å². The standard InChI is InChI=1S/C19H14Cl2N2O4/c20-14-3-2-12(8-15(14)21)22-19(24)10-13-9-17(27-23-13)11-1-4-16-18(7-11)26-6-5-25-16/h1-4,7-9H,5-6,10H2,(H,22,24). The summed E-state index contributed by atoms with van der Waals surface area (Å²) < 4.78 is 16.4. The van der Waals surface area contributed by atoms with Crippen molar-refractivity contribution in [2.75, 3.05) is 18.5 Å². The van der Waals surface area contributed by atoms with Gasteiger partial charge in [-0.3, -0.25) is 4.79 Å². The zero-order chi connectivity index (χ0) is 18.8. The van der Waals surface area contributed by atoms with E-state index < -0.39 is 0 Å². The zero-order valence-electron chi connectivity index (χ0n) is 14.0. The number of anilines is 1. The van der Waals surface area contributed by atoms with Crippen LogP contribution in [0.15, 0.2) is 47.0 Å². The van der Waals surface area contributed by atoms with Gasteiger partial charge in [-0.15, -0.1) is 0 Å². The summed E-state index contributed by atoms with van der Waals surface area (Å²) in [6.45, 7) is 1.04. The molecule has 8 heteroatoms. The number of halogens is 2. The first-order chi connectivity index (χ1) is 13.1. The summed E-state index contributed by atoms with van der Waals surface area (Å²) in [4.78, 5) is 12.2. The monoisotopic (exact) mass is 404 g/mol. The van der Waals surface area contributed by atoms with Crippen LogP contribution >= 0.6 is 23.2 Å². The van der Waals surface area contributed by atoms with Crippen LogP contribution < -0.4 is 14.8 Å². The molecule has 0 atom stereocenters. The first kappa shape index (κ1) is 17.7. The SMILES string of the molecule is O=C(Cc1cc(-c2ccc3c(c2)OCCO3)on1)Nc1ccc(Cl)c(Cl)c1. The second-order valence-electron chi connectivity index (χ2n) is 5.89. The van der Waals surface area contributed by atoms with E-state index in [2.05, 4.69) is 10.5 Å². The van der Waals surface area contributed by atoms with Crippen molar-refractivity contribution in [1.82, 2.24) is 5.16 Å². The predicted octanol–water partition coefficient (Wildman–Crippen LogP) is 4.60. The Kier molecular flexibility index (Phi) is 4.92. The molecule has 0 aliphatic carbocycles. The average Bonchev–Trinajstić information content (AvgIpc) is 3.12. The number of benzene rings is 2. The summed E-state index contributed by atoms with van der Waals surface area (Å²) in [6, 6.07) is 12.1. The molecule has 0 fully saturated rings. The highest BCUT2D eigenvalue weighted by molar-refractivity contribution is 6.42. The van der Waals surface area contributed by atoms with Crippen molar-refractivity contribution in [3.8, 4) is 22.8 Å². The number of nitrogens with zero attached hydrogens (tertiary/aromatic N) is 1. The Morgan fingerprint density at radius 1 is 1.00 bits per heavy atom. The second kappa shape index (κ2) is 7.50. The number of carbonyl (C=O) groups excluding carboxylic acids is 1. The minimum absolute atomic E-state index is 0.0638. The van der Waals surface area contributed by atoms with E-state index in [0.29, 0.717) is 51.9 Å². The van der Waals surface area contributed by atoms with Crippen molar-refractivity contribution in [1.29, 1.82) is 0 Å². The van der Waals surface area contributed by atoms with E-state index in [1.807, 2.05) is 18.2 Å². The lowest BCUT2D eigenvalue weighted by Crippen LogP contribution is -2.15. The summed E-state index contributed by atoms with van der Waals surface area (Å²) >= 11 is 11.8. The molecule has 1 aromatic heterocycles. The molecule has 6 nitrogen and oxygen atoms in total. The first-order valence-electron chi connectivity index (χ1n) is 8.19. The van der Waals surface area contributed by atoms with Crippen molar-refractivity contribution in [3.05, 3.63) is 58.2 Å². The van der Waals surface area contributed by atoms with Gasteiger partial charge in [-0.2, -0.15) is 0 Å². The van der Waals surface area contributed by atoms with Gasteiger partial charge in [0.2, 0.25) is 5.91 Å². The molecule has 138 valence electrons. The fourth-order valence-corrected chi connectivity index (χ4v) is 2.97. The number of rotatable bonds is 4. The third-order valence-electron chi connectivity index (χ3n) is 3.93. The van der Waals surface area contributed by atoms with Gasteiger partial charge in [0.1, 0.15) is 13.2 Å². The topological polar surface area (TPSA) is 73.6 Å². The third kappa shape index (κ3) is 4.02. The van der Waals surface area contributed by atoms with Crippen molar-refractivity contribution in [3.63, 3.8) is 0 Å². The fraction of sp³-hybridized carbons (Fsp3) is 0.158. The summed E-state index contributed by atoms with van der Waals surface area (Å²) in [7, 11) is 0. The van der Waals surface area contributed by atoms with Gasteiger partial charge in [0.05, 0.1) is 22.2 Å². The van der Waals surface area contributed by atoms with E-state index in [1.54, 1.807) is 24.3 Å². The Hall–Kier alpha value is -2.70. The highest BCUT2D eigenvalue weighted by Crippen LogP contribution is 2.34. The maximum absolute atomic E-state index is 12.2. The van der Waals surface area contributed by atoms with Crippen molar-refractivity contribution in [2.24, 2.45) is 0 Å². The zero-order valence-corrected chi connectivity index (χ0v) is 15.5. The molecule has 1 amide bonds. The molecule has 0 spiro atoms. The van der Waals surface area contributed by atoms with Crippen molar-refractivity contribution < 1.29 is 18.8 Å². The van der Waals surface area contributed by atoms with Gasteiger partial charge in [0.25, 0.3) is 0 Å². The normalized spacial score (nSPS) is 12.7. The average molecular weight is 405 g/mol. The Morgan fingerprint density at radius 2 is 1.81 bits per heavy atom. The van der Waals surface area contributed by atoms with Crippen LogP contribution in [0.4, 0.5) is 5.69 Å². The van der Waals surface area contributed by atoms with E-state index >= 15 is 0 Å². The molecule has 27 heavy (non-hydrogen) atoms. The molecule has 0 saturated heterocycles. The molecule has 0 unspecified atom stereocenters. The number of carbonyl (C=O) groups is 1. The minimum Gasteiger partial charge on any atom is -0.486 e. The summed E-state index contributed by atoms with van der Waals surface area (Å²) in [5.41, 5.74) is 1.87. The summed E-state index contributed by atoms with van der Waals surface area (Å²) in [6.07, 6.45) is 0.0638. The number of hydrogen-bond acceptors (Lipinski definition) is 5. The van der Waals surface area contributed by atoms with Gasteiger partial charge in [-0.1, -0.05) is 28.4 Å². The molecular formula is C19H14Cl2N2O4. The molecule has 2 heterocycles. The number of nitrogens with one attached hydrogen (secondary N) is 1. The predicted molar refractivity (Wildman–Crippen MR) is 102 cm³/mol. The van der Waals surface area contributed by atoms with Gasteiger partial charge in [-0.05, 0) is 36.4 Å². The molecule has 1 aliphatic rings. The van der Waals surface area contributed by atoms with Gasteiger partial charge in [0.15, 0.2) is 17.3 Å². The van der Waals surface area contributed by atoms with Crippen LogP contribution in [-0.4, -0.2) is 24.3 Å². The summed E-state index contributed by atoms with van der Waals surface area (Å²) in [5, 5.41) is 7.51. The molecule has 2 aromatic carbocycles. The van der Waals surface area contributed by atoms with E-state index in [9.17, 15) is 4.79 Å².